The first-order valence-corrected chi connectivity index (χ1v) is 5.20. The lowest BCUT2D eigenvalue weighted by Crippen LogP contribution is -2.22. The van der Waals surface area contributed by atoms with E-state index < -0.39 is 6.03 Å². The van der Waals surface area contributed by atoms with E-state index in [0.29, 0.717) is 15.7 Å². The van der Waals surface area contributed by atoms with E-state index in [2.05, 4.69) is 14.4 Å². The van der Waals surface area contributed by atoms with Crippen molar-refractivity contribution in [3.63, 3.8) is 0 Å². The van der Waals surface area contributed by atoms with Crippen LogP contribution in [0.15, 0.2) is 27.8 Å². The quantitative estimate of drug-likeness (QED) is 0.649. The van der Waals surface area contributed by atoms with E-state index in [1.807, 2.05) is 0 Å². The van der Waals surface area contributed by atoms with Crippen LogP contribution in [0.3, 0.4) is 0 Å². The molecule has 0 radical (unpaired) electrons. The average Bonchev–Trinajstić information content (AvgIpc) is 2.18. The Kier molecular flexibility index (Phi) is 4.67. The van der Waals surface area contributed by atoms with Crippen LogP contribution in [0.5, 0.6) is 0 Å². The van der Waals surface area contributed by atoms with Crippen molar-refractivity contribution in [1.29, 1.82) is 0 Å². The third-order valence-electron chi connectivity index (χ3n) is 1.25. The van der Waals surface area contributed by atoms with Crippen LogP contribution in [0.2, 0.25) is 10.0 Å². The Hall–Kier alpha value is -0.980. The number of nitrogens with one attached hydrogen (secondary N) is 1. The molecule has 15 heavy (non-hydrogen) atoms. The lowest BCUT2D eigenvalue weighted by Gasteiger charge is -1.96. The lowest BCUT2D eigenvalue weighted by atomic mass is 10.3. The standard InChI is InChI=1S/C7H6Cl2N4OS/c8-5-2-1-4(3-6(5)9)11-13-15-12-7(10)14/h1-3H,(H3,10,12,14). The minimum absolute atomic E-state index is 0.390. The van der Waals surface area contributed by atoms with E-state index in [1.54, 1.807) is 18.2 Å². The van der Waals surface area contributed by atoms with Crippen LogP contribution in [0.4, 0.5) is 10.5 Å². The molecule has 0 aliphatic rings. The van der Waals surface area contributed by atoms with Crippen LogP contribution >= 0.6 is 35.3 Å². The molecular formula is C7H6Cl2N4OS. The second kappa shape index (κ2) is 5.79. The predicted octanol–water partition coefficient (Wildman–Crippen LogP) is 3.31. The zero-order chi connectivity index (χ0) is 11.3. The van der Waals surface area contributed by atoms with Crippen molar-refractivity contribution >= 4 is 47.1 Å². The minimum Gasteiger partial charge on any atom is -0.351 e. The topological polar surface area (TPSA) is 79.8 Å². The molecule has 0 heterocycles. The first-order chi connectivity index (χ1) is 7.09. The molecule has 0 saturated heterocycles. The van der Waals surface area contributed by atoms with Crippen LogP contribution < -0.4 is 10.5 Å². The molecule has 5 nitrogen and oxygen atoms in total. The van der Waals surface area contributed by atoms with Gasteiger partial charge in [-0.15, -0.1) is 5.11 Å². The maximum absolute atomic E-state index is 10.3. The molecule has 0 spiro atoms. The van der Waals surface area contributed by atoms with Gasteiger partial charge < -0.3 is 5.73 Å². The van der Waals surface area contributed by atoms with Crippen LogP contribution in [0.1, 0.15) is 0 Å². The van der Waals surface area contributed by atoms with Gasteiger partial charge in [0.05, 0.1) is 15.7 Å². The van der Waals surface area contributed by atoms with Gasteiger partial charge in [-0.3, -0.25) is 4.72 Å². The van der Waals surface area contributed by atoms with Crippen LogP contribution in [0.25, 0.3) is 0 Å². The van der Waals surface area contributed by atoms with Gasteiger partial charge in [0, 0.05) is 0 Å². The number of halogens is 2. The molecule has 8 heteroatoms. The molecule has 1 aromatic carbocycles. The zero-order valence-electron chi connectivity index (χ0n) is 7.28. The second-order valence-corrected chi connectivity index (χ2v) is 3.70. The van der Waals surface area contributed by atoms with Gasteiger partial charge in [0.15, 0.2) is 0 Å². The molecule has 0 aliphatic heterocycles. The number of benzene rings is 1. The first-order valence-electron chi connectivity index (χ1n) is 3.67. The molecule has 0 bridgehead atoms. The van der Waals surface area contributed by atoms with E-state index in [1.165, 1.54) is 0 Å². The number of primary amides is 1. The maximum atomic E-state index is 10.3. The summed E-state index contributed by atoms with van der Waals surface area (Å²) in [5.41, 5.74) is 5.34. The SMILES string of the molecule is NC(=O)NSN=Nc1ccc(Cl)c(Cl)c1. The fourth-order valence-corrected chi connectivity index (χ4v) is 1.24. The number of amides is 2. The van der Waals surface area contributed by atoms with Crippen molar-refractivity contribution in [3.8, 4) is 0 Å². The third kappa shape index (κ3) is 4.37. The molecule has 0 atom stereocenters. The van der Waals surface area contributed by atoms with E-state index in [-0.39, 0.29) is 0 Å². The summed E-state index contributed by atoms with van der Waals surface area (Å²) in [6, 6.07) is 4.11. The van der Waals surface area contributed by atoms with Crippen LogP contribution in [0, 0.1) is 0 Å². The van der Waals surface area contributed by atoms with Crippen LogP contribution in [-0.2, 0) is 0 Å². The van der Waals surface area contributed by atoms with Gasteiger partial charge in [-0.25, -0.2) is 4.79 Å². The Bertz CT molecular complexity index is 399. The summed E-state index contributed by atoms with van der Waals surface area (Å²) < 4.78 is 5.76. The summed E-state index contributed by atoms with van der Waals surface area (Å²) in [6.45, 7) is 0. The second-order valence-electron chi connectivity index (χ2n) is 2.34. The number of carbonyl (C=O) groups is 1. The number of carbonyl (C=O) groups excluding carboxylic acids is 1. The number of hydrogen-bond donors (Lipinski definition) is 2. The summed E-state index contributed by atoms with van der Waals surface area (Å²) in [6.07, 6.45) is 0. The van der Waals surface area contributed by atoms with Gasteiger partial charge in [-0.05, 0) is 18.2 Å². The summed E-state index contributed by atoms with van der Waals surface area (Å²) in [7, 11) is 0. The minimum atomic E-state index is -0.687. The highest BCUT2D eigenvalue weighted by molar-refractivity contribution is 7.96. The summed E-state index contributed by atoms with van der Waals surface area (Å²) >= 11 is 12.2. The Morgan fingerprint density at radius 3 is 2.73 bits per heavy atom. The van der Waals surface area contributed by atoms with Gasteiger partial charge in [0.1, 0.15) is 12.1 Å². The van der Waals surface area contributed by atoms with Gasteiger partial charge in [-0.2, -0.15) is 0 Å². The van der Waals surface area contributed by atoms with E-state index >= 15 is 0 Å². The molecule has 0 unspecified atom stereocenters. The Morgan fingerprint density at radius 2 is 2.13 bits per heavy atom. The largest absolute Gasteiger partial charge is 0.351 e. The highest BCUT2D eigenvalue weighted by atomic mass is 35.5. The predicted molar refractivity (Wildman–Crippen MR) is 61.3 cm³/mol. The van der Waals surface area contributed by atoms with E-state index in [9.17, 15) is 4.79 Å². The Balaban J connectivity index is 2.57. The van der Waals surface area contributed by atoms with Crippen molar-refractivity contribution in [3.05, 3.63) is 28.2 Å². The zero-order valence-corrected chi connectivity index (χ0v) is 9.60. The summed E-state index contributed by atoms with van der Waals surface area (Å²) in [5.74, 6) is 0. The smallest absolute Gasteiger partial charge is 0.323 e. The first kappa shape index (κ1) is 12.1. The highest BCUT2D eigenvalue weighted by Gasteiger charge is 1.98. The number of nitrogens with two attached hydrogens (primary N) is 1. The fraction of sp³-hybridized carbons (Fsp3) is 0. The molecule has 0 aliphatic carbocycles. The molecule has 3 N–H and O–H groups in total. The summed E-state index contributed by atoms with van der Waals surface area (Å²) in [5, 5.41) is 4.59. The van der Waals surface area contributed by atoms with Crippen molar-refractivity contribution in [1.82, 2.24) is 4.72 Å². The van der Waals surface area contributed by atoms with Crippen molar-refractivity contribution in [2.45, 2.75) is 0 Å². The molecule has 0 aromatic heterocycles. The molecule has 2 amide bonds. The molecule has 0 saturated carbocycles. The molecular weight excluding hydrogens is 259 g/mol. The number of nitrogens with zero attached hydrogens (tertiary/aromatic N) is 2. The monoisotopic (exact) mass is 264 g/mol. The van der Waals surface area contributed by atoms with Crippen molar-refractivity contribution in [2.75, 3.05) is 0 Å². The number of rotatable bonds is 3. The van der Waals surface area contributed by atoms with Gasteiger partial charge in [0.25, 0.3) is 0 Å². The fourth-order valence-electron chi connectivity index (χ4n) is 0.680. The number of urea groups is 1. The lowest BCUT2D eigenvalue weighted by molar-refractivity contribution is 0.254. The third-order valence-corrected chi connectivity index (χ3v) is 2.44. The molecule has 0 fully saturated rings. The van der Waals surface area contributed by atoms with Gasteiger partial charge >= 0.3 is 6.03 Å². The Labute approximate surface area is 100 Å². The van der Waals surface area contributed by atoms with Gasteiger partial charge in [0.2, 0.25) is 0 Å². The van der Waals surface area contributed by atoms with E-state index in [4.69, 9.17) is 28.9 Å². The van der Waals surface area contributed by atoms with Crippen molar-refractivity contribution in [2.24, 2.45) is 15.4 Å². The molecule has 1 rings (SSSR count). The molecule has 1 aromatic rings. The number of hydrogen-bond acceptors (Lipinski definition) is 4. The summed E-state index contributed by atoms with van der Waals surface area (Å²) in [4.78, 5) is 10.3. The van der Waals surface area contributed by atoms with Crippen molar-refractivity contribution < 1.29 is 4.79 Å². The Morgan fingerprint density at radius 1 is 1.40 bits per heavy atom. The van der Waals surface area contributed by atoms with E-state index in [0.717, 1.165) is 12.1 Å². The normalized spacial score (nSPS) is 10.5. The highest BCUT2D eigenvalue weighted by Crippen LogP contribution is 2.27. The average molecular weight is 265 g/mol. The molecule has 80 valence electrons. The maximum Gasteiger partial charge on any atom is 0.323 e. The van der Waals surface area contributed by atoms with Crippen LogP contribution in [-0.4, -0.2) is 6.03 Å². The van der Waals surface area contributed by atoms with Gasteiger partial charge in [-0.1, -0.05) is 27.7 Å².